The zero-order valence-corrected chi connectivity index (χ0v) is 13.9. The lowest BCUT2D eigenvalue weighted by Gasteiger charge is -2.35. The van der Waals surface area contributed by atoms with Gasteiger partial charge >= 0.3 is 0 Å². The number of rotatable bonds is 3. The first kappa shape index (κ1) is 15.9. The predicted octanol–water partition coefficient (Wildman–Crippen LogP) is 4.12. The minimum absolute atomic E-state index is 0.102. The number of thioether (sulfide) groups is 1. The van der Waals surface area contributed by atoms with Crippen molar-refractivity contribution in [1.82, 2.24) is 0 Å². The SMILES string of the molecule is CC(C)(Oc1ccc(F)cc1)C(=O)N1CCSc2ccccc21. The molecule has 0 atom stereocenters. The van der Waals surface area contributed by atoms with Crippen LogP contribution in [0.2, 0.25) is 0 Å². The van der Waals surface area contributed by atoms with Gasteiger partial charge < -0.3 is 9.64 Å². The maximum Gasteiger partial charge on any atom is 0.270 e. The molecule has 0 spiro atoms. The van der Waals surface area contributed by atoms with E-state index in [1.165, 1.54) is 24.3 Å². The number of amides is 1. The first-order valence-corrected chi connectivity index (χ1v) is 8.44. The molecule has 0 radical (unpaired) electrons. The average molecular weight is 331 g/mol. The number of anilines is 1. The van der Waals surface area contributed by atoms with E-state index in [0.29, 0.717) is 12.3 Å². The van der Waals surface area contributed by atoms with Crippen molar-refractivity contribution in [2.75, 3.05) is 17.2 Å². The number of fused-ring (bicyclic) bond motifs is 1. The van der Waals surface area contributed by atoms with Gasteiger partial charge in [-0.1, -0.05) is 12.1 Å². The van der Waals surface area contributed by atoms with Crippen molar-refractivity contribution in [1.29, 1.82) is 0 Å². The fraction of sp³-hybridized carbons (Fsp3) is 0.278. The van der Waals surface area contributed by atoms with E-state index in [9.17, 15) is 9.18 Å². The van der Waals surface area contributed by atoms with Crippen molar-refractivity contribution in [3.05, 3.63) is 54.3 Å². The van der Waals surface area contributed by atoms with Crippen LogP contribution in [0.15, 0.2) is 53.4 Å². The summed E-state index contributed by atoms with van der Waals surface area (Å²) in [5.41, 5.74) is -0.114. The minimum atomic E-state index is -1.03. The van der Waals surface area contributed by atoms with Gasteiger partial charge in [0, 0.05) is 17.2 Å². The minimum Gasteiger partial charge on any atom is -0.478 e. The molecular formula is C18H18FNO2S. The summed E-state index contributed by atoms with van der Waals surface area (Å²) < 4.78 is 18.8. The lowest BCUT2D eigenvalue weighted by molar-refractivity contribution is -0.131. The summed E-state index contributed by atoms with van der Waals surface area (Å²) >= 11 is 1.75. The molecule has 3 rings (SSSR count). The Morgan fingerprint density at radius 3 is 2.61 bits per heavy atom. The van der Waals surface area contributed by atoms with Gasteiger partial charge in [0.2, 0.25) is 0 Å². The van der Waals surface area contributed by atoms with Crippen molar-refractivity contribution in [3.8, 4) is 5.75 Å². The van der Waals surface area contributed by atoms with E-state index in [4.69, 9.17) is 4.74 Å². The van der Waals surface area contributed by atoms with Crippen LogP contribution < -0.4 is 9.64 Å². The van der Waals surface area contributed by atoms with Gasteiger partial charge in [0.15, 0.2) is 5.60 Å². The molecule has 23 heavy (non-hydrogen) atoms. The number of hydrogen-bond acceptors (Lipinski definition) is 3. The van der Waals surface area contributed by atoms with E-state index in [0.717, 1.165) is 16.3 Å². The molecule has 120 valence electrons. The number of benzene rings is 2. The van der Waals surface area contributed by atoms with Crippen molar-refractivity contribution in [2.24, 2.45) is 0 Å². The van der Waals surface area contributed by atoms with Crippen molar-refractivity contribution in [2.45, 2.75) is 24.3 Å². The molecule has 2 aromatic rings. The zero-order chi connectivity index (χ0) is 16.4. The second-order valence-electron chi connectivity index (χ2n) is 5.84. The Morgan fingerprint density at radius 2 is 1.87 bits per heavy atom. The van der Waals surface area contributed by atoms with Crippen LogP contribution in [-0.2, 0) is 4.79 Å². The fourth-order valence-electron chi connectivity index (χ4n) is 2.55. The molecule has 0 bridgehead atoms. The van der Waals surface area contributed by atoms with Crippen LogP contribution >= 0.6 is 11.8 Å². The summed E-state index contributed by atoms with van der Waals surface area (Å²) in [5.74, 6) is 0.900. The highest BCUT2D eigenvalue weighted by molar-refractivity contribution is 7.99. The summed E-state index contributed by atoms with van der Waals surface area (Å²) in [6.45, 7) is 4.13. The van der Waals surface area contributed by atoms with Crippen LogP contribution in [0.5, 0.6) is 5.75 Å². The van der Waals surface area contributed by atoms with E-state index in [-0.39, 0.29) is 11.7 Å². The van der Waals surface area contributed by atoms with Crippen LogP contribution in [0.25, 0.3) is 0 Å². The number of para-hydroxylation sites is 1. The summed E-state index contributed by atoms with van der Waals surface area (Å²) in [7, 11) is 0. The number of ether oxygens (including phenoxy) is 1. The Bertz CT molecular complexity index is 715. The first-order valence-electron chi connectivity index (χ1n) is 7.46. The number of halogens is 1. The molecule has 5 heteroatoms. The zero-order valence-electron chi connectivity index (χ0n) is 13.1. The van der Waals surface area contributed by atoms with E-state index in [1.807, 2.05) is 24.3 Å². The fourth-order valence-corrected chi connectivity index (χ4v) is 3.54. The Hall–Kier alpha value is -2.01. The molecule has 0 saturated carbocycles. The lowest BCUT2D eigenvalue weighted by atomic mass is 10.1. The van der Waals surface area contributed by atoms with E-state index in [1.54, 1.807) is 30.5 Å². The lowest BCUT2D eigenvalue weighted by Crippen LogP contribution is -2.50. The molecule has 0 unspecified atom stereocenters. The number of carbonyl (C=O) groups excluding carboxylic acids is 1. The van der Waals surface area contributed by atoms with Crippen LogP contribution in [0.1, 0.15) is 13.8 Å². The topological polar surface area (TPSA) is 29.5 Å². The highest BCUT2D eigenvalue weighted by Crippen LogP contribution is 2.36. The van der Waals surface area contributed by atoms with Gasteiger partial charge in [-0.05, 0) is 50.2 Å². The maximum atomic E-state index is 13.0. The molecule has 0 aliphatic carbocycles. The third-order valence-corrected chi connectivity index (χ3v) is 4.72. The quantitative estimate of drug-likeness (QED) is 0.847. The Morgan fingerprint density at radius 1 is 1.17 bits per heavy atom. The third-order valence-electron chi connectivity index (χ3n) is 3.68. The first-order chi connectivity index (χ1) is 11.0. The number of carbonyl (C=O) groups is 1. The highest BCUT2D eigenvalue weighted by Gasteiger charge is 2.36. The third kappa shape index (κ3) is 3.34. The monoisotopic (exact) mass is 331 g/mol. The molecular weight excluding hydrogens is 313 g/mol. The number of nitrogens with zero attached hydrogens (tertiary/aromatic N) is 1. The second-order valence-corrected chi connectivity index (χ2v) is 6.98. The van der Waals surface area contributed by atoms with Gasteiger partial charge in [0.25, 0.3) is 5.91 Å². The molecule has 0 saturated heterocycles. The standard InChI is InChI=1S/C18H18FNO2S/c1-18(2,22-14-9-7-13(19)8-10-14)17(21)20-11-12-23-16-6-4-3-5-15(16)20/h3-10H,11-12H2,1-2H3. The van der Waals surface area contributed by atoms with E-state index >= 15 is 0 Å². The van der Waals surface area contributed by atoms with Gasteiger partial charge in [0.05, 0.1) is 5.69 Å². The van der Waals surface area contributed by atoms with E-state index in [2.05, 4.69) is 0 Å². The van der Waals surface area contributed by atoms with Crippen LogP contribution in [-0.4, -0.2) is 23.8 Å². The van der Waals surface area contributed by atoms with Crippen molar-refractivity contribution in [3.63, 3.8) is 0 Å². The van der Waals surface area contributed by atoms with Gasteiger partial charge in [-0.25, -0.2) is 4.39 Å². The van der Waals surface area contributed by atoms with Gasteiger partial charge in [-0.15, -0.1) is 11.8 Å². The van der Waals surface area contributed by atoms with Gasteiger partial charge in [0.1, 0.15) is 11.6 Å². The molecule has 0 N–H and O–H groups in total. The van der Waals surface area contributed by atoms with Gasteiger partial charge in [-0.3, -0.25) is 4.79 Å². The predicted molar refractivity (Wildman–Crippen MR) is 90.6 cm³/mol. The Labute approximate surface area is 139 Å². The second kappa shape index (κ2) is 6.24. The average Bonchev–Trinajstić information content (AvgIpc) is 2.55. The molecule has 1 aliphatic heterocycles. The molecule has 1 heterocycles. The summed E-state index contributed by atoms with van der Waals surface area (Å²) in [5, 5.41) is 0. The Kier molecular flexibility index (Phi) is 4.31. The van der Waals surface area contributed by atoms with Crippen molar-refractivity contribution < 1.29 is 13.9 Å². The normalized spacial score (nSPS) is 14.3. The number of hydrogen-bond donors (Lipinski definition) is 0. The summed E-state index contributed by atoms with van der Waals surface area (Å²) in [6.07, 6.45) is 0. The van der Waals surface area contributed by atoms with Crippen LogP contribution in [0.4, 0.5) is 10.1 Å². The molecule has 3 nitrogen and oxygen atoms in total. The van der Waals surface area contributed by atoms with Crippen LogP contribution in [0, 0.1) is 5.82 Å². The molecule has 1 amide bonds. The highest BCUT2D eigenvalue weighted by atomic mass is 32.2. The Balaban J connectivity index is 1.83. The maximum absolute atomic E-state index is 13.0. The van der Waals surface area contributed by atoms with Crippen molar-refractivity contribution >= 4 is 23.4 Å². The van der Waals surface area contributed by atoms with Gasteiger partial charge in [-0.2, -0.15) is 0 Å². The molecule has 0 aromatic heterocycles. The molecule has 2 aromatic carbocycles. The van der Waals surface area contributed by atoms with E-state index < -0.39 is 5.60 Å². The molecule has 1 aliphatic rings. The van der Waals surface area contributed by atoms with Crippen LogP contribution in [0.3, 0.4) is 0 Å². The smallest absolute Gasteiger partial charge is 0.270 e. The molecule has 0 fully saturated rings. The largest absolute Gasteiger partial charge is 0.478 e. The summed E-state index contributed by atoms with van der Waals surface area (Å²) in [4.78, 5) is 15.8. The summed E-state index contributed by atoms with van der Waals surface area (Å²) in [6, 6.07) is 13.6.